The van der Waals surface area contributed by atoms with Crippen molar-refractivity contribution in [2.24, 2.45) is 0 Å². The lowest BCUT2D eigenvalue weighted by molar-refractivity contribution is -0.151. The minimum Gasteiger partial charge on any atom is -0.462 e. The summed E-state index contributed by atoms with van der Waals surface area (Å²) in [6, 6.07) is -0.710. The highest BCUT2D eigenvalue weighted by atomic mass is 16.5. The third-order valence-corrected chi connectivity index (χ3v) is 12.7. The highest BCUT2D eigenvalue weighted by molar-refractivity contribution is 5.77. The van der Waals surface area contributed by atoms with E-state index in [-0.39, 0.29) is 24.9 Å². The molecule has 3 atom stereocenters. The Hall–Kier alpha value is -2.18. The molecular weight excluding hydrogens is 791 g/mol. The largest absolute Gasteiger partial charge is 0.462 e. The molecule has 64 heavy (non-hydrogen) atoms. The van der Waals surface area contributed by atoms with Crippen LogP contribution in [0.4, 0.5) is 0 Å². The number of carbonyl (C=O) groups is 2. The zero-order valence-corrected chi connectivity index (χ0v) is 42.7. The van der Waals surface area contributed by atoms with Gasteiger partial charge in [0.15, 0.2) is 0 Å². The van der Waals surface area contributed by atoms with Crippen molar-refractivity contribution in [2.45, 2.75) is 302 Å². The van der Waals surface area contributed by atoms with Gasteiger partial charge in [0.2, 0.25) is 5.91 Å². The summed E-state index contributed by atoms with van der Waals surface area (Å²) in [7, 11) is 0. The van der Waals surface area contributed by atoms with E-state index in [1.807, 2.05) is 0 Å². The van der Waals surface area contributed by atoms with Crippen molar-refractivity contribution in [3.8, 4) is 0 Å². The quantitative estimate of drug-likeness (QED) is 0.0245. The lowest BCUT2D eigenvalue weighted by atomic mass is 10.0. The van der Waals surface area contributed by atoms with Gasteiger partial charge in [0, 0.05) is 6.42 Å². The average Bonchev–Trinajstić information content (AvgIpc) is 3.29. The first kappa shape index (κ1) is 61.8. The zero-order chi connectivity index (χ0) is 46.7. The van der Waals surface area contributed by atoms with Gasteiger partial charge in [-0.25, -0.2) is 0 Å². The number of rotatable bonds is 50. The summed E-state index contributed by atoms with van der Waals surface area (Å²) >= 11 is 0. The Morgan fingerprint density at radius 2 is 0.844 bits per heavy atom. The maximum atomic E-state index is 13.2. The molecule has 0 aromatic heterocycles. The Morgan fingerprint density at radius 1 is 0.469 bits per heavy atom. The van der Waals surface area contributed by atoms with E-state index in [1.54, 1.807) is 0 Å². The molecule has 0 rings (SSSR count). The van der Waals surface area contributed by atoms with E-state index in [2.05, 4.69) is 74.7 Å². The highest BCUT2D eigenvalue weighted by Gasteiger charge is 2.24. The van der Waals surface area contributed by atoms with Crippen LogP contribution in [0.1, 0.15) is 284 Å². The van der Waals surface area contributed by atoms with Gasteiger partial charge in [0.1, 0.15) is 6.10 Å². The van der Waals surface area contributed by atoms with E-state index in [0.717, 1.165) is 77.0 Å². The van der Waals surface area contributed by atoms with Crippen molar-refractivity contribution in [3.05, 3.63) is 48.6 Å². The molecule has 1 amide bonds. The maximum absolute atomic E-state index is 13.2. The Bertz CT molecular complexity index is 1100. The van der Waals surface area contributed by atoms with Crippen molar-refractivity contribution >= 4 is 11.9 Å². The molecule has 0 aromatic carbocycles. The molecule has 0 aliphatic rings. The van der Waals surface area contributed by atoms with Gasteiger partial charge in [-0.3, -0.25) is 9.59 Å². The molecule has 0 fully saturated rings. The molecule has 3 N–H and O–H groups in total. The van der Waals surface area contributed by atoms with Crippen molar-refractivity contribution in [1.29, 1.82) is 0 Å². The van der Waals surface area contributed by atoms with Crippen LogP contribution in [-0.4, -0.2) is 46.9 Å². The maximum Gasteiger partial charge on any atom is 0.306 e. The first-order chi connectivity index (χ1) is 31.5. The molecule has 0 aliphatic carbocycles. The molecule has 6 heteroatoms. The molecule has 374 valence electrons. The topological polar surface area (TPSA) is 95.9 Å². The number of carbonyl (C=O) groups excluding carboxylic acids is 2. The number of unbranched alkanes of at least 4 members (excludes halogenated alkanes) is 31. The SMILES string of the molecule is CCCCC/C=C\C/C=C\CCCCCCCCCCCC(=O)OC(CCCCC/C=C/C=C/CCCCCCCCC)CC(=O)NC(CO)C(O)CCCCCCCCCCCC. The predicted molar refractivity (Wildman–Crippen MR) is 278 cm³/mol. The van der Waals surface area contributed by atoms with E-state index in [4.69, 9.17) is 4.74 Å². The van der Waals surface area contributed by atoms with Gasteiger partial charge in [0.05, 0.1) is 25.2 Å². The lowest BCUT2D eigenvalue weighted by Gasteiger charge is -2.24. The number of ether oxygens (including phenoxy) is 1. The number of nitrogens with one attached hydrogen (secondary N) is 1. The lowest BCUT2D eigenvalue weighted by Crippen LogP contribution is -2.46. The minimum absolute atomic E-state index is 0.0590. The van der Waals surface area contributed by atoms with Crippen LogP contribution >= 0.6 is 0 Å². The highest BCUT2D eigenvalue weighted by Crippen LogP contribution is 2.18. The van der Waals surface area contributed by atoms with Crippen LogP contribution in [0, 0.1) is 0 Å². The predicted octanol–water partition coefficient (Wildman–Crippen LogP) is 17.0. The fraction of sp³-hybridized carbons (Fsp3) is 0.828. The summed E-state index contributed by atoms with van der Waals surface area (Å²) in [5.41, 5.74) is 0. The number of amides is 1. The van der Waals surface area contributed by atoms with Crippen LogP contribution in [0.2, 0.25) is 0 Å². The molecule has 0 heterocycles. The van der Waals surface area contributed by atoms with Crippen molar-refractivity contribution in [3.63, 3.8) is 0 Å². The van der Waals surface area contributed by atoms with Gasteiger partial charge in [-0.1, -0.05) is 236 Å². The van der Waals surface area contributed by atoms with Crippen LogP contribution in [0.3, 0.4) is 0 Å². The number of aliphatic hydroxyl groups is 2. The van der Waals surface area contributed by atoms with Crippen molar-refractivity contribution in [2.75, 3.05) is 6.61 Å². The number of hydrogen-bond acceptors (Lipinski definition) is 5. The second-order valence-corrected chi connectivity index (χ2v) is 19.0. The summed E-state index contributed by atoms with van der Waals surface area (Å²) in [6.07, 6.45) is 63.2. The van der Waals surface area contributed by atoms with Gasteiger partial charge in [0.25, 0.3) is 0 Å². The van der Waals surface area contributed by atoms with Gasteiger partial charge in [-0.05, 0) is 83.5 Å². The molecule has 0 aliphatic heterocycles. The van der Waals surface area contributed by atoms with Gasteiger partial charge >= 0.3 is 5.97 Å². The first-order valence-corrected chi connectivity index (χ1v) is 27.9. The van der Waals surface area contributed by atoms with Crippen molar-refractivity contribution < 1.29 is 24.5 Å². The van der Waals surface area contributed by atoms with Gasteiger partial charge in [-0.2, -0.15) is 0 Å². The monoisotopic (exact) mass is 898 g/mol. The van der Waals surface area contributed by atoms with Crippen LogP contribution in [0.15, 0.2) is 48.6 Å². The molecule has 6 nitrogen and oxygen atoms in total. The van der Waals surface area contributed by atoms with E-state index in [9.17, 15) is 19.8 Å². The normalized spacial score (nSPS) is 13.5. The number of esters is 1. The van der Waals surface area contributed by atoms with E-state index in [0.29, 0.717) is 19.3 Å². The Morgan fingerprint density at radius 3 is 1.33 bits per heavy atom. The smallest absolute Gasteiger partial charge is 0.306 e. The van der Waals surface area contributed by atoms with Crippen LogP contribution in [0.25, 0.3) is 0 Å². The molecule has 0 saturated carbocycles. The Balaban J connectivity index is 4.58. The second-order valence-electron chi connectivity index (χ2n) is 19.0. The molecular formula is C58H107NO5. The fourth-order valence-corrected chi connectivity index (χ4v) is 8.39. The number of hydrogen-bond donors (Lipinski definition) is 3. The molecule has 0 aromatic rings. The van der Waals surface area contributed by atoms with Crippen LogP contribution in [-0.2, 0) is 14.3 Å². The number of allylic oxidation sites excluding steroid dienone is 8. The fourth-order valence-electron chi connectivity index (χ4n) is 8.39. The second kappa shape index (κ2) is 51.8. The van der Waals surface area contributed by atoms with E-state index < -0.39 is 18.2 Å². The third-order valence-electron chi connectivity index (χ3n) is 12.7. The molecule has 0 spiro atoms. The summed E-state index contributed by atoms with van der Waals surface area (Å²) in [4.78, 5) is 26.2. The summed E-state index contributed by atoms with van der Waals surface area (Å²) in [5.74, 6) is -0.497. The first-order valence-electron chi connectivity index (χ1n) is 27.9. The molecule has 3 unspecified atom stereocenters. The van der Waals surface area contributed by atoms with Crippen LogP contribution in [0.5, 0.6) is 0 Å². The molecule has 0 radical (unpaired) electrons. The standard InChI is InChI=1S/C58H107NO5/c1-4-7-10-13-16-19-22-24-26-28-29-30-32-34-36-39-42-45-48-51-58(63)64-54(49-46-43-40-37-35-33-31-27-25-23-20-17-14-11-8-5-2)52-57(62)59-55(53-60)56(61)50-47-44-41-38-21-18-15-12-9-6-3/h16,19,24,26-27,31,33,35,54-56,60-61H,4-15,17-18,20-23,25,28-30,32,34,36-53H2,1-3H3,(H,59,62)/b19-16-,26-24-,31-27+,35-33+. The van der Waals surface area contributed by atoms with Gasteiger partial charge in [-0.15, -0.1) is 0 Å². The minimum atomic E-state index is -0.794. The van der Waals surface area contributed by atoms with E-state index >= 15 is 0 Å². The third kappa shape index (κ3) is 46.4. The Kier molecular flexibility index (Phi) is 50.0. The van der Waals surface area contributed by atoms with Crippen LogP contribution < -0.4 is 5.32 Å². The van der Waals surface area contributed by atoms with Crippen molar-refractivity contribution in [1.82, 2.24) is 5.32 Å². The zero-order valence-electron chi connectivity index (χ0n) is 42.7. The summed E-state index contributed by atoms with van der Waals surface area (Å²) in [6.45, 7) is 6.45. The average molecular weight is 898 g/mol. The van der Waals surface area contributed by atoms with E-state index in [1.165, 1.54) is 161 Å². The summed E-state index contributed by atoms with van der Waals surface area (Å²) in [5, 5.41) is 23.8. The Labute approximate surface area is 397 Å². The molecule has 0 bridgehead atoms. The number of aliphatic hydroxyl groups excluding tert-OH is 2. The van der Waals surface area contributed by atoms with Gasteiger partial charge < -0.3 is 20.3 Å². The molecule has 0 saturated heterocycles. The summed E-state index contributed by atoms with van der Waals surface area (Å²) < 4.78 is 5.94.